The molecule has 0 aliphatic rings. The van der Waals surface area contributed by atoms with Crippen LogP contribution in [0, 0.1) is 0 Å². The molecule has 5 nitrogen and oxygen atoms in total. The summed E-state index contributed by atoms with van der Waals surface area (Å²) in [5.74, 6) is -0.595. The van der Waals surface area contributed by atoms with Crippen molar-refractivity contribution in [2.45, 2.75) is 38.2 Å². The van der Waals surface area contributed by atoms with Gasteiger partial charge in [0.15, 0.2) is 0 Å². The van der Waals surface area contributed by atoms with Gasteiger partial charge in [-0.05, 0) is 27.2 Å². The number of rotatable bonds is 4. The fourth-order valence-corrected chi connectivity index (χ4v) is 0.866. The second-order valence-electron chi connectivity index (χ2n) is 4.09. The first-order valence-corrected chi connectivity index (χ1v) is 5.06. The standard InChI is InChI=1S/C9H17ClN2O3/c1-9(2,3)15-8(14)12-5-4-6(10)7(11)13/h6H,4-5H2,1-3H3,(H2,11,13)(H,12,14). The number of nitrogens with one attached hydrogen (secondary N) is 1. The summed E-state index contributed by atoms with van der Waals surface area (Å²) >= 11 is 5.57. The zero-order valence-electron chi connectivity index (χ0n) is 9.17. The second kappa shape index (κ2) is 5.80. The summed E-state index contributed by atoms with van der Waals surface area (Å²) in [5.41, 5.74) is 4.41. The maximum Gasteiger partial charge on any atom is 0.407 e. The summed E-state index contributed by atoms with van der Waals surface area (Å²) < 4.78 is 4.97. The number of ether oxygens (including phenoxy) is 1. The highest BCUT2D eigenvalue weighted by Crippen LogP contribution is 2.06. The SMILES string of the molecule is CC(C)(C)OC(=O)NCCC(Cl)C(N)=O. The number of nitrogens with two attached hydrogens (primary N) is 1. The number of alkyl carbamates (subject to hydrolysis) is 1. The molecular formula is C9H17ClN2O3. The molecule has 1 unspecified atom stereocenters. The fraction of sp³-hybridized carbons (Fsp3) is 0.778. The summed E-state index contributed by atoms with van der Waals surface area (Å²) in [6, 6.07) is 0. The van der Waals surface area contributed by atoms with Crippen LogP contribution in [0.1, 0.15) is 27.2 Å². The minimum Gasteiger partial charge on any atom is -0.444 e. The molecule has 0 heterocycles. The topological polar surface area (TPSA) is 81.4 Å². The molecule has 0 bridgehead atoms. The maximum atomic E-state index is 11.1. The van der Waals surface area contributed by atoms with E-state index in [1.54, 1.807) is 20.8 Å². The average Bonchev–Trinajstić information content (AvgIpc) is 2.00. The highest BCUT2D eigenvalue weighted by atomic mass is 35.5. The van der Waals surface area contributed by atoms with Crippen molar-refractivity contribution in [2.24, 2.45) is 5.73 Å². The van der Waals surface area contributed by atoms with E-state index in [2.05, 4.69) is 5.32 Å². The number of halogens is 1. The first-order valence-electron chi connectivity index (χ1n) is 4.62. The lowest BCUT2D eigenvalue weighted by Crippen LogP contribution is -2.35. The third-order valence-electron chi connectivity index (χ3n) is 1.37. The van der Waals surface area contributed by atoms with Crippen molar-refractivity contribution in [3.63, 3.8) is 0 Å². The van der Waals surface area contributed by atoms with E-state index in [1.165, 1.54) is 0 Å². The molecule has 0 aromatic carbocycles. The van der Waals surface area contributed by atoms with Crippen LogP contribution in [0.3, 0.4) is 0 Å². The summed E-state index contributed by atoms with van der Waals surface area (Å²) in [6.45, 7) is 5.55. The Bertz CT molecular complexity index is 238. The van der Waals surface area contributed by atoms with Gasteiger partial charge in [-0.2, -0.15) is 0 Å². The van der Waals surface area contributed by atoms with Crippen LogP contribution in [0.2, 0.25) is 0 Å². The number of alkyl halides is 1. The molecule has 2 amide bonds. The van der Waals surface area contributed by atoms with Crippen molar-refractivity contribution < 1.29 is 14.3 Å². The van der Waals surface area contributed by atoms with Crippen LogP contribution in [-0.2, 0) is 9.53 Å². The van der Waals surface area contributed by atoms with Crippen LogP contribution in [0.5, 0.6) is 0 Å². The molecule has 1 atom stereocenters. The van der Waals surface area contributed by atoms with E-state index < -0.39 is 23.0 Å². The first kappa shape index (κ1) is 14.0. The highest BCUT2D eigenvalue weighted by molar-refractivity contribution is 6.30. The van der Waals surface area contributed by atoms with Crippen molar-refractivity contribution in [2.75, 3.05) is 6.54 Å². The van der Waals surface area contributed by atoms with Gasteiger partial charge in [0.2, 0.25) is 5.91 Å². The van der Waals surface area contributed by atoms with E-state index in [0.717, 1.165) is 0 Å². The van der Waals surface area contributed by atoms with Gasteiger partial charge in [-0.25, -0.2) is 4.79 Å². The number of hydrogen-bond acceptors (Lipinski definition) is 3. The molecule has 0 spiro atoms. The molecule has 88 valence electrons. The van der Waals surface area contributed by atoms with E-state index in [4.69, 9.17) is 22.1 Å². The minimum atomic E-state index is -0.764. The summed E-state index contributed by atoms with van der Waals surface area (Å²) in [5, 5.41) is 1.71. The molecule has 0 radical (unpaired) electrons. The normalized spacial score (nSPS) is 13.1. The molecule has 0 saturated heterocycles. The van der Waals surface area contributed by atoms with Crippen molar-refractivity contribution in [1.29, 1.82) is 0 Å². The van der Waals surface area contributed by atoms with Crippen LogP contribution in [0.4, 0.5) is 4.79 Å². The van der Waals surface area contributed by atoms with Gasteiger partial charge in [0.1, 0.15) is 11.0 Å². The monoisotopic (exact) mass is 236 g/mol. The predicted octanol–water partition coefficient (Wildman–Crippen LogP) is 0.994. The Labute approximate surface area is 94.3 Å². The first-order chi connectivity index (χ1) is 6.72. The van der Waals surface area contributed by atoms with E-state index in [-0.39, 0.29) is 13.0 Å². The average molecular weight is 237 g/mol. The van der Waals surface area contributed by atoms with Crippen LogP contribution in [-0.4, -0.2) is 29.5 Å². The smallest absolute Gasteiger partial charge is 0.407 e. The Morgan fingerprint density at radius 1 is 1.47 bits per heavy atom. The molecule has 0 aromatic rings. The van der Waals surface area contributed by atoms with Gasteiger partial charge < -0.3 is 15.8 Å². The molecule has 0 aliphatic carbocycles. The van der Waals surface area contributed by atoms with E-state index in [0.29, 0.717) is 0 Å². The number of carbonyl (C=O) groups is 2. The molecule has 0 aromatic heterocycles. The lowest BCUT2D eigenvalue weighted by atomic mass is 10.2. The molecule has 0 rings (SSSR count). The van der Waals surface area contributed by atoms with Gasteiger partial charge >= 0.3 is 6.09 Å². The summed E-state index contributed by atoms with van der Waals surface area (Å²) in [6.07, 6.45) is -0.244. The quantitative estimate of drug-likeness (QED) is 0.715. The van der Waals surface area contributed by atoms with Crippen LogP contribution in [0.15, 0.2) is 0 Å². The lowest BCUT2D eigenvalue weighted by Gasteiger charge is -2.19. The van der Waals surface area contributed by atoms with Crippen molar-refractivity contribution in [3.8, 4) is 0 Å². The largest absolute Gasteiger partial charge is 0.444 e. The van der Waals surface area contributed by atoms with Gasteiger partial charge in [-0.15, -0.1) is 11.6 Å². The zero-order valence-corrected chi connectivity index (χ0v) is 9.93. The Hall–Kier alpha value is -0.970. The van der Waals surface area contributed by atoms with Crippen LogP contribution in [0.25, 0.3) is 0 Å². The van der Waals surface area contributed by atoms with Gasteiger partial charge in [0.25, 0.3) is 0 Å². The third kappa shape index (κ3) is 8.05. The molecule has 3 N–H and O–H groups in total. The Morgan fingerprint density at radius 2 is 2.00 bits per heavy atom. The van der Waals surface area contributed by atoms with E-state index >= 15 is 0 Å². The molecule has 0 fully saturated rings. The second-order valence-corrected chi connectivity index (χ2v) is 4.61. The lowest BCUT2D eigenvalue weighted by molar-refractivity contribution is -0.117. The van der Waals surface area contributed by atoms with Crippen LogP contribution >= 0.6 is 11.6 Å². The number of amides is 2. The van der Waals surface area contributed by atoms with E-state index in [1.807, 2.05) is 0 Å². The number of primary amides is 1. The van der Waals surface area contributed by atoms with Crippen molar-refractivity contribution in [3.05, 3.63) is 0 Å². The molecule has 6 heteroatoms. The predicted molar refractivity (Wildman–Crippen MR) is 57.7 cm³/mol. The van der Waals surface area contributed by atoms with Crippen LogP contribution < -0.4 is 11.1 Å². The summed E-state index contributed by atoms with van der Waals surface area (Å²) in [7, 11) is 0. The Balaban J connectivity index is 3.69. The van der Waals surface area contributed by atoms with Gasteiger partial charge in [0, 0.05) is 6.54 Å². The van der Waals surface area contributed by atoms with Gasteiger partial charge in [0.05, 0.1) is 0 Å². The fourth-order valence-electron chi connectivity index (χ4n) is 0.757. The Morgan fingerprint density at radius 3 is 2.40 bits per heavy atom. The zero-order chi connectivity index (χ0) is 12.1. The Kier molecular flexibility index (Phi) is 5.43. The maximum absolute atomic E-state index is 11.1. The molecule has 15 heavy (non-hydrogen) atoms. The number of hydrogen-bond donors (Lipinski definition) is 2. The number of carbonyl (C=O) groups excluding carboxylic acids is 2. The van der Waals surface area contributed by atoms with E-state index in [9.17, 15) is 9.59 Å². The third-order valence-corrected chi connectivity index (χ3v) is 1.81. The summed E-state index contributed by atoms with van der Waals surface area (Å²) in [4.78, 5) is 21.7. The van der Waals surface area contributed by atoms with Gasteiger partial charge in [-0.1, -0.05) is 0 Å². The minimum absolute atomic E-state index is 0.256. The van der Waals surface area contributed by atoms with Crippen molar-refractivity contribution >= 4 is 23.6 Å². The van der Waals surface area contributed by atoms with Gasteiger partial charge in [-0.3, -0.25) is 4.79 Å². The van der Waals surface area contributed by atoms with Crippen molar-refractivity contribution in [1.82, 2.24) is 5.32 Å². The molecular weight excluding hydrogens is 220 g/mol. The molecule has 0 saturated carbocycles. The highest BCUT2D eigenvalue weighted by Gasteiger charge is 2.16. The molecule has 0 aliphatic heterocycles.